The van der Waals surface area contributed by atoms with E-state index in [2.05, 4.69) is 10.6 Å². The first-order valence-electron chi connectivity index (χ1n) is 9.53. The van der Waals surface area contributed by atoms with Gasteiger partial charge < -0.3 is 15.5 Å². The molecule has 1 atom stereocenters. The van der Waals surface area contributed by atoms with Crippen LogP contribution in [-0.2, 0) is 9.59 Å². The van der Waals surface area contributed by atoms with E-state index in [0.29, 0.717) is 24.3 Å². The SMILES string of the molecule is CCN(CC)C(=O)[C@H](NC(=O)c1ccccc1NC(=O)C(C)(C)C)C(C)C. The minimum Gasteiger partial charge on any atom is -0.341 e. The number of nitrogens with zero attached hydrogens (tertiary/aromatic N) is 1. The van der Waals surface area contributed by atoms with Gasteiger partial charge in [0.05, 0.1) is 11.3 Å². The van der Waals surface area contributed by atoms with E-state index < -0.39 is 11.5 Å². The van der Waals surface area contributed by atoms with E-state index in [9.17, 15) is 14.4 Å². The van der Waals surface area contributed by atoms with Gasteiger partial charge in [-0.05, 0) is 31.9 Å². The maximum Gasteiger partial charge on any atom is 0.254 e. The van der Waals surface area contributed by atoms with Gasteiger partial charge in [-0.2, -0.15) is 0 Å². The normalized spacial score (nSPS) is 12.4. The lowest BCUT2D eigenvalue weighted by Crippen LogP contribution is -2.51. The molecular formula is C21H33N3O3. The molecule has 0 spiro atoms. The molecule has 6 nitrogen and oxygen atoms in total. The van der Waals surface area contributed by atoms with Gasteiger partial charge in [0, 0.05) is 18.5 Å². The van der Waals surface area contributed by atoms with Crippen molar-refractivity contribution in [3.63, 3.8) is 0 Å². The van der Waals surface area contributed by atoms with Crippen molar-refractivity contribution in [1.82, 2.24) is 10.2 Å². The Morgan fingerprint density at radius 3 is 2.07 bits per heavy atom. The first kappa shape index (κ1) is 22.7. The third-order valence-electron chi connectivity index (χ3n) is 4.40. The van der Waals surface area contributed by atoms with Gasteiger partial charge in [0.15, 0.2) is 0 Å². The van der Waals surface area contributed by atoms with E-state index in [1.165, 1.54) is 0 Å². The van der Waals surface area contributed by atoms with Crippen molar-refractivity contribution in [2.75, 3.05) is 18.4 Å². The van der Waals surface area contributed by atoms with E-state index in [1.807, 2.05) is 48.5 Å². The summed E-state index contributed by atoms with van der Waals surface area (Å²) in [6.45, 7) is 14.2. The van der Waals surface area contributed by atoms with Gasteiger partial charge in [-0.1, -0.05) is 46.8 Å². The zero-order chi connectivity index (χ0) is 20.8. The third-order valence-corrected chi connectivity index (χ3v) is 4.40. The summed E-state index contributed by atoms with van der Waals surface area (Å²) in [7, 11) is 0. The Hall–Kier alpha value is -2.37. The fourth-order valence-electron chi connectivity index (χ4n) is 2.56. The van der Waals surface area contributed by atoms with Crippen molar-refractivity contribution in [3.8, 4) is 0 Å². The molecule has 1 aromatic carbocycles. The Bertz CT molecular complexity index is 673. The number of rotatable bonds is 7. The molecule has 2 N–H and O–H groups in total. The number of carbonyl (C=O) groups excluding carboxylic acids is 3. The van der Waals surface area contributed by atoms with Gasteiger partial charge in [0.1, 0.15) is 6.04 Å². The molecule has 0 unspecified atom stereocenters. The number of anilines is 1. The maximum absolute atomic E-state index is 12.9. The lowest BCUT2D eigenvalue weighted by Gasteiger charge is -2.28. The topological polar surface area (TPSA) is 78.5 Å². The van der Waals surface area contributed by atoms with E-state index in [4.69, 9.17) is 0 Å². The molecule has 27 heavy (non-hydrogen) atoms. The Labute approximate surface area is 162 Å². The summed E-state index contributed by atoms with van der Waals surface area (Å²) in [6, 6.07) is 6.21. The van der Waals surface area contributed by atoms with E-state index >= 15 is 0 Å². The maximum atomic E-state index is 12.9. The van der Waals surface area contributed by atoms with Crippen LogP contribution in [0.15, 0.2) is 24.3 Å². The summed E-state index contributed by atoms with van der Waals surface area (Å²) in [5, 5.41) is 5.67. The molecule has 0 radical (unpaired) electrons. The van der Waals surface area contributed by atoms with Gasteiger partial charge in [0.2, 0.25) is 11.8 Å². The Kier molecular flexibility index (Phi) is 8.00. The molecule has 0 aliphatic heterocycles. The second-order valence-corrected chi connectivity index (χ2v) is 7.96. The van der Waals surface area contributed by atoms with Crippen LogP contribution in [-0.4, -0.2) is 41.8 Å². The molecule has 0 aliphatic rings. The number of para-hydroxylation sites is 1. The first-order valence-corrected chi connectivity index (χ1v) is 9.53. The van der Waals surface area contributed by atoms with Crippen molar-refractivity contribution in [2.24, 2.45) is 11.3 Å². The predicted octanol–water partition coefficient (Wildman–Crippen LogP) is 3.29. The molecule has 0 aliphatic carbocycles. The van der Waals surface area contributed by atoms with Gasteiger partial charge in [-0.3, -0.25) is 14.4 Å². The first-order chi connectivity index (χ1) is 12.5. The summed E-state index contributed by atoms with van der Waals surface area (Å²) in [5.74, 6) is -0.709. The minimum absolute atomic E-state index is 0.0571. The van der Waals surface area contributed by atoms with Crippen LogP contribution in [0.3, 0.4) is 0 Å². The molecule has 0 saturated heterocycles. The van der Waals surface area contributed by atoms with Crippen LogP contribution >= 0.6 is 0 Å². The van der Waals surface area contributed by atoms with Crippen molar-refractivity contribution >= 4 is 23.4 Å². The highest BCUT2D eigenvalue weighted by Gasteiger charge is 2.29. The lowest BCUT2D eigenvalue weighted by molar-refractivity contribution is -0.134. The van der Waals surface area contributed by atoms with Crippen LogP contribution in [0.5, 0.6) is 0 Å². The zero-order valence-corrected chi connectivity index (χ0v) is 17.6. The molecule has 150 valence electrons. The van der Waals surface area contributed by atoms with Crippen LogP contribution in [0.2, 0.25) is 0 Å². The summed E-state index contributed by atoms with van der Waals surface area (Å²) in [4.78, 5) is 39.6. The zero-order valence-electron chi connectivity index (χ0n) is 17.6. The van der Waals surface area contributed by atoms with Crippen LogP contribution in [0, 0.1) is 11.3 Å². The molecule has 1 rings (SSSR count). The molecule has 0 heterocycles. The monoisotopic (exact) mass is 375 g/mol. The van der Waals surface area contributed by atoms with Crippen molar-refractivity contribution in [2.45, 2.75) is 54.5 Å². The van der Waals surface area contributed by atoms with E-state index in [-0.39, 0.29) is 23.6 Å². The summed E-state index contributed by atoms with van der Waals surface area (Å²) < 4.78 is 0. The van der Waals surface area contributed by atoms with Gasteiger partial charge in [0.25, 0.3) is 5.91 Å². The van der Waals surface area contributed by atoms with Crippen LogP contribution in [0.1, 0.15) is 58.8 Å². The number of nitrogens with one attached hydrogen (secondary N) is 2. The molecular weight excluding hydrogens is 342 g/mol. The van der Waals surface area contributed by atoms with Crippen LogP contribution in [0.25, 0.3) is 0 Å². The Balaban J connectivity index is 3.08. The average molecular weight is 376 g/mol. The largest absolute Gasteiger partial charge is 0.341 e. The fourth-order valence-corrected chi connectivity index (χ4v) is 2.56. The highest BCUT2D eigenvalue weighted by atomic mass is 16.2. The highest BCUT2D eigenvalue weighted by molar-refractivity contribution is 6.05. The molecule has 0 aromatic heterocycles. The summed E-state index contributed by atoms with van der Waals surface area (Å²) in [5.41, 5.74) is 0.198. The second kappa shape index (κ2) is 9.53. The van der Waals surface area contributed by atoms with Crippen LogP contribution < -0.4 is 10.6 Å². The number of benzene rings is 1. The quantitative estimate of drug-likeness (QED) is 0.767. The van der Waals surface area contributed by atoms with Crippen LogP contribution in [0.4, 0.5) is 5.69 Å². The number of amides is 3. The smallest absolute Gasteiger partial charge is 0.254 e. The minimum atomic E-state index is -0.622. The van der Waals surface area contributed by atoms with Crippen molar-refractivity contribution < 1.29 is 14.4 Å². The lowest BCUT2D eigenvalue weighted by atomic mass is 9.95. The Morgan fingerprint density at radius 1 is 1.04 bits per heavy atom. The van der Waals surface area contributed by atoms with Gasteiger partial charge in [-0.25, -0.2) is 0 Å². The van der Waals surface area contributed by atoms with E-state index in [1.54, 1.807) is 29.2 Å². The molecule has 0 saturated carbocycles. The fraction of sp³-hybridized carbons (Fsp3) is 0.571. The molecule has 1 aromatic rings. The number of hydrogen-bond donors (Lipinski definition) is 2. The summed E-state index contributed by atoms with van der Waals surface area (Å²) in [6.07, 6.45) is 0. The van der Waals surface area contributed by atoms with Crippen molar-refractivity contribution in [1.29, 1.82) is 0 Å². The molecule has 0 bridgehead atoms. The number of likely N-dealkylation sites (N-methyl/N-ethyl adjacent to an activating group) is 1. The second-order valence-electron chi connectivity index (χ2n) is 7.96. The average Bonchev–Trinajstić information content (AvgIpc) is 2.59. The van der Waals surface area contributed by atoms with Gasteiger partial charge >= 0.3 is 0 Å². The predicted molar refractivity (Wildman–Crippen MR) is 109 cm³/mol. The Morgan fingerprint density at radius 2 is 1.59 bits per heavy atom. The van der Waals surface area contributed by atoms with Crippen molar-refractivity contribution in [3.05, 3.63) is 29.8 Å². The van der Waals surface area contributed by atoms with Gasteiger partial charge in [-0.15, -0.1) is 0 Å². The number of hydrogen-bond acceptors (Lipinski definition) is 3. The molecule has 3 amide bonds. The molecule has 0 fully saturated rings. The molecule has 6 heteroatoms. The summed E-state index contributed by atoms with van der Waals surface area (Å²) >= 11 is 0. The third kappa shape index (κ3) is 6.08. The van der Waals surface area contributed by atoms with E-state index in [0.717, 1.165) is 0 Å². The number of carbonyl (C=O) groups is 3. The standard InChI is InChI=1S/C21H33N3O3/c1-8-24(9-2)19(26)17(14(3)4)23-18(25)15-12-10-11-13-16(15)22-20(27)21(5,6)7/h10-14,17H,8-9H2,1-7H3,(H,22,27)(H,23,25)/t17-/m1/s1. The highest BCUT2D eigenvalue weighted by Crippen LogP contribution is 2.21.